The number of aliphatic hydroxyl groups excluding tert-OH is 1. The predicted molar refractivity (Wildman–Crippen MR) is 391 cm³/mol. The van der Waals surface area contributed by atoms with Gasteiger partial charge in [-0.2, -0.15) is 0 Å². The van der Waals surface area contributed by atoms with Crippen molar-refractivity contribution in [2.75, 3.05) is 39.6 Å². The van der Waals surface area contributed by atoms with E-state index in [2.05, 4.69) is 55.4 Å². The topological polar surface area (TPSA) is 237 Å². The van der Waals surface area contributed by atoms with Crippen molar-refractivity contribution in [1.29, 1.82) is 0 Å². The van der Waals surface area contributed by atoms with Gasteiger partial charge in [0, 0.05) is 25.7 Å². The van der Waals surface area contributed by atoms with Crippen LogP contribution in [0.15, 0.2) is 0 Å². The minimum absolute atomic E-state index is 0.101. The Morgan fingerprint density at radius 3 is 0.740 bits per heavy atom. The van der Waals surface area contributed by atoms with Crippen molar-refractivity contribution in [3.05, 3.63) is 0 Å². The normalized spacial score (nSPS) is 14.7. The maximum atomic E-state index is 13.1. The number of hydrogen-bond acceptors (Lipinski definition) is 15. The summed E-state index contributed by atoms with van der Waals surface area (Å²) in [6.07, 6.45) is 51.6. The summed E-state index contributed by atoms with van der Waals surface area (Å²) >= 11 is 0. The molecule has 4 unspecified atom stereocenters. The number of hydrogen-bond donors (Lipinski definition) is 3. The SMILES string of the molecule is CCC(C)CCCCCCCCCCCCCCCCC(=O)OC[C@H](COP(=O)(O)OC[C@@H](O)COP(=O)(O)OC[C@@H](COC(=O)CCCCCCCCC(C)CC)OC(=O)CCCCCCCCC(C)C)OC(=O)CCCCCCCCCCCCCCCCCCC(C)C. The molecule has 7 atom stereocenters. The molecule has 0 amide bonds. The minimum Gasteiger partial charge on any atom is -0.462 e. The first-order valence-corrected chi connectivity index (χ1v) is 42.8. The fourth-order valence-electron chi connectivity index (χ4n) is 11.7. The van der Waals surface area contributed by atoms with Crippen LogP contribution in [0.2, 0.25) is 0 Å². The monoisotopic (exact) mass is 1410 g/mol. The lowest BCUT2D eigenvalue weighted by Crippen LogP contribution is -2.30. The summed E-state index contributed by atoms with van der Waals surface area (Å²) in [4.78, 5) is 72.8. The van der Waals surface area contributed by atoms with E-state index in [1.807, 2.05) is 0 Å². The lowest BCUT2D eigenvalue weighted by molar-refractivity contribution is -0.161. The Kier molecular flexibility index (Phi) is 65.0. The number of carbonyl (C=O) groups excluding carboxylic acids is 4. The van der Waals surface area contributed by atoms with E-state index < -0.39 is 97.5 Å². The number of phosphoric acid groups is 2. The third-order valence-electron chi connectivity index (χ3n) is 18.5. The van der Waals surface area contributed by atoms with Gasteiger partial charge < -0.3 is 33.8 Å². The highest BCUT2D eigenvalue weighted by Crippen LogP contribution is 2.45. The van der Waals surface area contributed by atoms with E-state index in [-0.39, 0.29) is 25.7 Å². The van der Waals surface area contributed by atoms with Crippen LogP contribution in [0.5, 0.6) is 0 Å². The number of unbranched alkanes of at least 4 members (excludes halogenated alkanes) is 38. The third kappa shape index (κ3) is 67.9. The third-order valence-corrected chi connectivity index (χ3v) is 20.4. The molecule has 0 aromatic heterocycles. The molecule has 0 saturated heterocycles. The van der Waals surface area contributed by atoms with Crippen molar-refractivity contribution in [3.63, 3.8) is 0 Å². The number of rotatable bonds is 74. The fraction of sp³-hybridized carbons (Fsp3) is 0.948. The van der Waals surface area contributed by atoms with E-state index in [9.17, 15) is 43.2 Å². The van der Waals surface area contributed by atoms with Gasteiger partial charge in [0.25, 0.3) is 0 Å². The van der Waals surface area contributed by atoms with E-state index in [0.29, 0.717) is 31.6 Å². The molecule has 3 N–H and O–H groups in total. The molecule has 0 aliphatic heterocycles. The van der Waals surface area contributed by atoms with E-state index in [0.717, 1.165) is 114 Å². The van der Waals surface area contributed by atoms with Crippen molar-refractivity contribution >= 4 is 39.5 Å². The summed E-state index contributed by atoms with van der Waals surface area (Å²) in [5.74, 6) is 0.934. The Hall–Kier alpha value is -1.94. The lowest BCUT2D eigenvalue weighted by Gasteiger charge is -2.21. The van der Waals surface area contributed by atoms with Gasteiger partial charge in [-0.15, -0.1) is 0 Å². The van der Waals surface area contributed by atoms with Crippen LogP contribution in [0.25, 0.3) is 0 Å². The molecule has 0 rings (SSSR count). The Morgan fingerprint density at radius 1 is 0.292 bits per heavy atom. The Morgan fingerprint density at radius 2 is 0.500 bits per heavy atom. The van der Waals surface area contributed by atoms with Gasteiger partial charge in [0.05, 0.1) is 26.4 Å². The molecule has 0 aliphatic rings. The first kappa shape index (κ1) is 94.1. The lowest BCUT2D eigenvalue weighted by atomic mass is 9.99. The quantitative estimate of drug-likeness (QED) is 0.0222. The van der Waals surface area contributed by atoms with Crippen LogP contribution in [0.1, 0.15) is 389 Å². The van der Waals surface area contributed by atoms with Gasteiger partial charge in [-0.05, 0) is 49.4 Å². The van der Waals surface area contributed by atoms with Crippen molar-refractivity contribution in [3.8, 4) is 0 Å². The zero-order chi connectivity index (χ0) is 71.0. The Labute approximate surface area is 588 Å². The number of esters is 4. The number of carbonyl (C=O) groups is 4. The molecule has 0 aromatic carbocycles. The van der Waals surface area contributed by atoms with Crippen LogP contribution >= 0.6 is 15.6 Å². The molecule has 19 heteroatoms. The second-order valence-electron chi connectivity index (χ2n) is 29.2. The fourth-order valence-corrected chi connectivity index (χ4v) is 13.2. The molecule has 0 bridgehead atoms. The number of ether oxygens (including phenoxy) is 4. The highest BCUT2D eigenvalue weighted by atomic mass is 31.2. The molecule has 570 valence electrons. The van der Waals surface area contributed by atoms with Crippen LogP contribution in [-0.4, -0.2) is 96.7 Å². The highest BCUT2D eigenvalue weighted by molar-refractivity contribution is 7.47. The average molecular weight is 1410 g/mol. The van der Waals surface area contributed by atoms with Gasteiger partial charge in [-0.3, -0.25) is 37.3 Å². The van der Waals surface area contributed by atoms with Crippen molar-refractivity contribution in [1.82, 2.24) is 0 Å². The van der Waals surface area contributed by atoms with Gasteiger partial charge >= 0.3 is 39.5 Å². The maximum Gasteiger partial charge on any atom is 0.472 e. The van der Waals surface area contributed by atoms with E-state index in [4.69, 9.17) is 37.0 Å². The van der Waals surface area contributed by atoms with Crippen LogP contribution < -0.4 is 0 Å². The van der Waals surface area contributed by atoms with Crippen molar-refractivity contribution < 1.29 is 80.2 Å². The molecule has 0 aromatic rings. The Balaban J connectivity index is 5.21. The van der Waals surface area contributed by atoms with E-state index in [1.165, 1.54) is 186 Å². The van der Waals surface area contributed by atoms with E-state index >= 15 is 0 Å². The summed E-state index contributed by atoms with van der Waals surface area (Å²) in [7, 11) is -9.91. The maximum absolute atomic E-state index is 13.1. The Bertz CT molecular complexity index is 1890. The zero-order valence-corrected chi connectivity index (χ0v) is 64.8. The molecule has 0 fully saturated rings. The highest BCUT2D eigenvalue weighted by Gasteiger charge is 2.30. The molecular formula is C77H150O17P2. The largest absolute Gasteiger partial charge is 0.472 e. The number of aliphatic hydroxyl groups is 1. The molecule has 0 radical (unpaired) electrons. The smallest absolute Gasteiger partial charge is 0.462 e. The van der Waals surface area contributed by atoms with Crippen LogP contribution in [0.3, 0.4) is 0 Å². The zero-order valence-electron chi connectivity index (χ0n) is 63.0. The second kappa shape index (κ2) is 66.3. The molecular weight excluding hydrogens is 1260 g/mol. The molecule has 0 aliphatic carbocycles. The molecule has 96 heavy (non-hydrogen) atoms. The summed E-state index contributed by atoms with van der Waals surface area (Å²) < 4.78 is 68.5. The predicted octanol–water partition coefficient (Wildman–Crippen LogP) is 22.4. The van der Waals surface area contributed by atoms with Crippen LogP contribution in [0, 0.1) is 23.7 Å². The molecule has 0 heterocycles. The standard InChI is InChI=1S/C77H150O17P2/c1-9-69(7)55-47-39-30-26-22-18-15-16-19-23-27-31-41-49-57-74(79)87-63-72(93-76(81)59-51-43-32-28-24-20-14-12-11-13-17-21-25-29-37-45-53-67(3)4)65-91-95(83,84)89-61-71(78)62-90-96(85,86)92-66-73(94-77(82)60-52-44-35-33-38-46-54-68(5)6)64-88-75(80)58-50-42-36-34-40-48-56-70(8)10-2/h67-73,78H,9-66H2,1-8H3,(H,83,84)(H,85,86)/t69?,70?,71-,72-,73-/m1/s1. The molecule has 0 saturated carbocycles. The average Bonchev–Trinajstić information content (AvgIpc) is 2.07. The van der Waals surface area contributed by atoms with Crippen LogP contribution in [0.4, 0.5) is 0 Å². The van der Waals surface area contributed by atoms with E-state index in [1.54, 1.807) is 0 Å². The summed E-state index contributed by atoms with van der Waals surface area (Å²) in [5, 5.41) is 10.6. The van der Waals surface area contributed by atoms with Gasteiger partial charge in [-0.25, -0.2) is 9.13 Å². The molecule has 0 spiro atoms. The summed E-state index contributed by atoms with van der Waals surface area (Å²) in [6, 6.07) is 0. The number of phosphoric ester groups is 2. The van der Waals surface area contributed by atoms with Crippen molar-refractivity contribution in [2.45, 2.75) is 408 Å². The summed E-state index contributed by atoms with van der Waals surface area (Å²) in [6.45, 7) is 14.2. The van der Waals surface area contributed by atoms with Crippen molar-refractivity contribution in [2.24, 2.45) is 23.7 Å². The van der Waals surface area contributed by atoms with Crippen LogP contribution in [-0.2, 0) is 65.4 Å². The first-order valence-electron chi connectivity index (χ1n) is 39.8. The van der Waals surface area contributed by atoms with Gasteiger partial charge in [0.2, 0.25) is 0 Å². The second-order valence-corrected chi connectivity index (χ2v) is 32.1. The minimum atomic E-state index is -4.96. The summed E-state index contributed by atoms with van der Waals surface area (Å²) in [5.41, 5.74) is 0. The van der Waals surface area contributed by atoms with Gasteiger partial charge in [-0.1, -0.05) is 338 Å². The van der Waals surface area contributed by atoms with Gasteiger partial charge in [0.1, 0.15) is 19.3 Å². The first-order chi connectivity index (χ1) is 46.2. The van der Waals surface area contributed by atoms with Gasteiger partial charge in [0.15, 0.2) is 12.2 Å². The molecule has 17 nitrogen and oxygen atoms in total.